The molecule has 1 fully saturated rings. The van der Waals surface area contributed by atoms with Crippen molar-refractivity contribution in [2.75, 3.05) is 32.0 Å². The quantitative estimate of drug-likeness (QED) is 0.828. The van der Waals surface area contributed by atoms with Gasteiger partial charge in [-0.3, -0.25) is 4.90 Å². The molecule has 1 aromatic heterocycles. The van der Waals surface area contributed by atoms with Gasteiger partial charge in [0.1, 0.15) is 11.6 Å². The number of anilines is 1. The monoisotopic (exact) mass is 224 g/mol. The van der Waals surface area contributed by atoms with Gasteiger partial charge in [-0.05, 0) is 13.8 Å². The summed E-state index contributed by atoms with van der Waals surface area (Å²) in [5, 5.41) is 0. The fraction of sp³-hybridized carbons (Fsp3) is 0.727. The fourth-order valence-electron chi connectivity index (χ4n) is 2.09. The molecule has 5 nitrogen and oxygen atoms in total. The highest BCUT2D eigenvalue weighted by Gasteiger charge is 2.16. The van der Waals surface area contributed by atoms with Crippen molar-refractivity contribution in [3.05, 3.63) is 12.0 Å². The van der Waals surface area contributed by atoms with Gasteiger partial charge in [0, 0.05) is 19.1 Å². The maximum absolute atomic E-state index is 5.90. The van der Waals surface area contributed by atoms with Crippen LogP contribution in [0.1, 0.15) is 25.7 Å². The van der Waals surface area contributed by atoms with Crippen LogP contribution in [0.15, 0.2) is 6.20 Å². The number of hydrogen-bond donors (Lipinski definition) is 1. The van der Waals surface area contributed by atoms with Crippen molar-refractivity contribution in [3.63, 3.8) is 0 Å². The van der Waals surface area contributed by atoms with Gasteiger partial charge >= 0.3 is 0 Å². The predicted octanol–water partition coefficient (Wildman–Crippen LogP) is 0.878. The Morgan fingerprint density at radius 2 is 2.12 bits per heavy atom. The first-order valence-corrected chi connectivity index (χ1v) is 5.80. The standard InChI is InChI=1S/C11H20N4O/c1-9(2)15-10(12)7-13-11(15)8-14-3-5-16-6-4-14/h7,9H,3-6,8,12H2,1-2H3. The second kappa shape index (κ2) is 4.84. The summed E-state index contributed by atoms with van der Waals surface area (Å²) in [7, 11) is 0. The average Bonchev–Trinajstić information content (AvgIpc) is 2.61. The summed E-state index contributed by atoms with van der Waals surface area (Å²) in [5.74, 6) is 1.80. The smallest absolute Gasteiger partial charge is 0.124 e. The normalized spacial score (nSPS) is 18.2. The molecule has 2 N–H and O–H groups in total. The molecule has 90 valence electrons. The highest BCUT2D eigenvalue weighted by atomic mass is 16.5. The zero-order valence-electron chi connectivity index (χ0n) is 10.0. The van der Waals surface area contributed by atoms with Gasteiger partial charge in [-0.1, -0.05) is 0 Å². The molecule has 1 saturated heterocycles. The number of nitrogen functional groups attached to an aromatic ring is 1. The third-order valence-electron chi connectivity index (χ3n) is 2.89. The molecule has 1 aliphatic rings. The summed E-state index contributed by atoms with van der Waals surface area (Å²) >= 11 is 0. The number of nitrogens with zero attached hydrogens (tertiary/aromatic N) is 3. The Morgan fingerprint density at radius 1 is 1.44 bits per heavy atom. The molecule has 0 bridgehead atoms. The van der Waals surface area contributed by atoms with Gasteiger partial charge in [-0.25, -0.2) is 4.98 Å². The molecule has 1 aliphatic heterocycles. The summed E-state index contributed by atoms with van der Waals surface area (Å²) < 4.78 is 7.42. The average molecular weight is 224 g/mol. The third-order valence-corrected chi connectivity index (χ3v) is 2.89. The Bertz CT molecular complexity index is 342. The van der Waals surface area contributed by atoms with Crippen LogP contribution in [0, 0.1) is 0 Å². The largest absolute Gasteiger partial charge is 0.384 e. The van der Waals surface area contributed by atoms with Crippen LogP contribution in [0.25, 0.3) is 0 Å². The van der Waals surface area contributed by atoms with Gasteiger partial charge < -0.3 is 15.0 Å². The Morgan fingerprint density at radius 3 is 2.75 bits per heavy atom. The minimum atomic E-state index is 0.360. The molecule has 2 heterocycles. The summed E-state index contributed by atoms with van der Waals surface area (Å²) in [6.07, 6.45) is 1.75. The Labute approximate surface area is 96.2 Å². The zero-order chi connectivity index (χ0) is 11.5. The summed E-state index contributed by atoms with van der Waals surface area (Å²) in [4.78, 5) is 6.74. The molecule has 0 unspecified atom stereocenters. The number of imidazole rings is 1. The van der Waals surface area contributed by atoms with Crippen LogP contribution in [-0.2, 0) is 11.3 Å². The van der Waals surface area contributed by atoms with Crippen molar-refractivity contribution >= 4 is 5.82 Å². The van der Waals surface area contributed by atoms with Crippen LogP contribution in [-0.4, -0.2) is 40.8 Å². The lowest BCUT2D eigenvalue weighted by molar-refractivity contribution is 0.0325. The van der Waals surface area contributed by atoms with Gasteiger partial charge in [-0.2, -0.15) is 0 Å². The molecule has 1 aromatic rings. The summed E-state index contributed by atoms with van der Waals surface area (Å²) in [6.45, 7) is 8.70. The van der Waals surface area contributed by atoms with Crippen LogP contribution in [0.3, 0.4) is 0 Å². The van der Waals surface area contributed by atoms with Crippen LogP contribution >= 0.6 is 0 Å². The molecule has 0 spiro atoms. The molecule has 2 rings (SSSR count). The number of morpholine rings is 1. The molecular formula is C11H20N4O. The van der Waals surface area contributed by atoms with Crippen molar-refractivity contribution in [1.29, 1.82) is 0 Å². The lowest BCUT2D eigenvalue weighted by Crippen LogP contribution is -2.36. The fourth-order valence-corrected chi connectivity index (χ4v) is 2.09. The molecule has 0 saturated carbocycles. The molecule has 0 aliphatic carbocycles. The second-order valence-electron chi connectivity index (χ2n) is 4.45. The number of nitrogens with two attached hydrogens (primary N) is 1. The molecule has 16 heavy (non-hydrogen) atoms. The molecule has 0 atom stereocenters. The molecule has 0 radical (unpaired) electrons. The number of aromatic nitrogens is 2. The van der Waals surface area contributed by atoms with Crippen molar-refractivity contribution in [2.24, 2.45) is 0 Å². The molecule has 0 aromatic carbocycles. The van der Waals surface area contributed by atoms with Gasteiger partial charge in [0.2, 0.25) is 0 Å². The van der Waals surface area contributed by atoms with E-state index in [1.807, 2.05) is 0 Å². The Kier molecular flexibility index (Phi) is 3.46. The maximum Gasteiger partial charge on any atom is 0.124 e. The SMILES string of the molecule is CC(C)n1c(N)cnc1CN1CCOCC1. The maximum atomic E-state index is 5.90. The molecule has 5 heteroatoms. The third kappa shape index (κ3) is 2.36. The van der Waals surface area contributed by atoms with E-state index in [9.17, 15) is 0 Å². The van der Waals surface area contributed by atoms with Crippen LogP contribution in [0.4, 0.5) is 5.82 Å². The molecular weight excluding hydrogens is 204 g/mol. The topological polar surface area (TPSA) is 56.3 Å². The van der Waals surface area contributed by atoms with E-state index in [4.69, 9.17) is 10.5 Å². The van der Waals surface area contributed by atoms with E-state index in [2.05, 4.69) is 28.3 Å². The van der Waals surface area contributed by atoms with Crippen molar-refractivity contribution in [2.45, 2.75) is 26.4 Å². The highest BCUT2D eigenvalue weighted by Crippen LogP contribution is 2.17. The Balaban J connectivity index is 2.08. The van der Waals surface area contributed by atoms with Gasteiger partial charge in [-0.15, -0.1) is 0 Å². The second-order valence-corrected chi connectivity index (χ2v) is 4.45. The lowest BCUT2D eigenvalue weighted by Gasteiger charge is -2.27. The van der Waals surface area contributed by atoms with Gasteiger partial charge in [0.25, 0.3) is 0 Å². The van der Waals surface area contributed by atoms with Crippen molar-refractivity contribution in [1.82, 2.24) is 14.5 Å². The van der Waals surface area contributed by atoms with E-state index >= 15 is 0 Å². The first-order valence-electron chi connectivity index (χ1n) is 5.80. The number of ether oxygens (including phenoxy) is 1. The van der Waals surface area contributed by atoms with E-state index in [0.29, 0.717) is 6.04 Å². The first kappa shape index (κ1) is 11.4. The van der Waals surface area contributed by atoms with Crippen molar-refractivity contribution < 1.29 is 4.74 Å². The number of hydrogen-bond acceptors (Lipinski definition) is 4. The minimum Gasteiger partial charge on any atom is -0.384 e. The summed E-state index contributed by atoms with van der Waals surface area (Å²) in [6, 6.07) is 0.360. The zero-order valence-corrected chi connectivity index (χ0v) is 10.0. The van der Waals surface area contributed by atoms with E-state index in [1.165, 1.54) is 0 Å². The predicted molar refractivity (Wildman–Crippen MR) is 63.1 cm³/mol. The van der Waals surface area contributed by atoms with E-state index in [0.717, 1.165) is 44.5 Å². The van der Waals surface area contributed by atoms with Crippen LogP contribution in [0.5, 0.6) is 0 Å². The van der Waals surface area contributed by atoms with Gasteiger partial charge in [0.15, 0.2) is 0 Å². The van der Waals surface area contributed by atoms with Crippen LogP contribution < -0.4 is 5.73 Å². The minimum absolute atomic E-state index is 0.360. The first-order chi connectivity index (χ1) is 7.68. The van der Waals surface area contributed by atoms with Crippen LogP contribution in [0.2, 0.25) is 0 Å². The van der Waals surface area contributed by atoms with E-state index in [1.54, 1.807) is 6.20 Å². The summed E-state index contributed by atoms with van der Waals surface area (Å²) in [5.41, 5.74) is 5.90. The number of rotatable bonds is 3. The van der Waals surface area contributed by atoms with E-state index in [-0.39, 0.29) is 0 Å². The van der Waals surface area contributed by atoms with E-state index < -0.39 is 0 Å². The highest BCUT2D eigenvalue weighted by molar-refractivity contribution is 5.28. The van der Waals surface area contributed by atoms with Crippen molar-refractivity contribution in [3.8, 4) is 0 Å². The Hall–Kier alpha value is -1.07. The lowest BCUT2D eigenvalue weighted by atomic mass is 10.3. The van der Waals surface area contributed by atoms with Gasteiger partial charge in [0.05, 0.1) is 26.0 Å². The molecule has 0 amide bonds.